The summed E-state index contributed by atoms with van der Waals surface area (Å²) in [6, 6.07) is 14.7. The average Bonchev–Trinajstić information content (AvgIpc) is 3.17. The van der Waals surface area contributed by atoms with Gasteiger partial charge < -0.3 is 4.42 Å². The fourth-order valence-electron chi connectivity index (χ4n) is 2.71. The summed E-state index contributed by atoms with van der Waals surface area (Å²) in [6.45, 7) is 1.85. The maximum absolute atomic E-state index is 12.9. The number of amides is 1. The first-order valence-electron chi connectivity index (χ1n) is 7.75. The van der Waals surface area contributed by atoms with Gasteiger partial charge in [0.2, 0.25) is 0 Å². The molecule has 0 aliphatic carbocycles. The number of anilines is 2. The molecule has 0 N–H and O–H groups in total. The number of aromatic nitrogens is 1. The molecule has 3 heterocycles. The minimum atomic E-state index is -0.222. The van der Waals surface area contributed by atoms with E-state index in [9.17, 15) is 4.79 Å². The number of benzene rings is 1. The second-order valence-electron chi connectivity index (χ2n) is 5.50. The first kappa shape index (κ1) is 15.0. The Hall–Kier alpha value is -3.54. The maximum Gasteiger partial charge on any atom is 0.284 e. The van der Waals surface area contributed by atoms with Gasteiger partial charge in [0.15, 0.2) is 5.71 Å². The number of hydrogen-bond acceptors (Lipinski definition) is 5. The Kier molecular flexibility index (Phi) is 3.70. The van der Waals surface area contributed by atoms with Crippen molar-refractivity contribution >= 4 is 29.2 Å². The van der Waals surface area contributed by atoms with Gasteiger partial charge in [-0.2, -0.15) is 5.10 Å². The van der Waals surface area contributed by atoms with Crippen molar-refractivity contribution < 1.29 is 9.21 Å². The number of rotatable bonds is 3. The van der Waals surface area contributed by atoms with Crippen LogP contribution in [0.2, 0.25) is 0 Å². The average molecular weight is 330 g/mol. The van der Waals surface area contributed by atoms with E-state index in [2.05, 4.69) is 15.2 Å². The Morgan fingerprint density at radius 3 is 2.64 bits per heavy atom. The molecule has 3 aromatic rings. The SMILES string of the molecule is Cc1ccc(C=NN=C2C(=O)N(c3ccncc3)c3ccccc32)o1. The summed E-state index contributed by atoms with van der Waals surface area (Å²) in [6.07, 6.45) is 4.79. The molecular formula is C19H14N4O2. The van der Waals surface area contributed by atoms with Gasteiger partial charge in [-0.25, -0.2) is 0 Å². The highest BCUT2D eigenvalue weighted by atomic mass is 16.3. The molecule has 0 unspecified atom stereocenters. The molecule has 0 saturated carbocycles. The number of aryl methyl sites for hydroxylation is 1. The van der Waals surface area contributed by atoms with Crippen molar-refractivity contribution in [3.63, 3.8) is 0 Å². The summed E-state index contributed by atoms with van der Waals surface area (Å²) >= 11 is 0. The second-order valence-corrected chi connectivity index (χ2v) is 5.50. The number of pyridine rings is 1. The molecule has 1 aromatic carbocycles. The Morgan fingerprint density at radius 1 is 1.08 bits per heavy atom. The molecule has 0 radical (unpaired) electrons. The minimum Gasteiger partial charge on any atom is -0.460 e. The molecule has 2 aromatic heterocycles. The third kappa shape index (κ3) is 2.74. The van der Waals surface area contributed by atoms with Crippen LogP contribution in [-0.4, -0.2) is 22.8 Å². The molecule has 6 nitrogen and oxygen atoms in total. The van der Waals surface area contributed by atoms with Crippen molar-refractivity contribution in [1.82, 2.24) is 4.98 Å². The predicted molar refractivity (Wildman–Crippen MR) is 95.4 cm³/mol. The quantitative estimate of drug-likeness (QED) is 0.545. The van der Waals surface area contributed by atoms with Crippen LogP contribution in [0.25, 0.3) is 0 Å². The van der Waals surface area contributed by atoms with Crippen LogP contribution in [0.1, 0.15) is 17.1 Å². The summed E-state index contributed by atoms with van der Waals surface area (Å²) in [5.74, 6) is 1.16. The van der Waals surface area contributed by atoms with E-state index in [0.717, 1.165) is 22.7 Å². The summed E-state index contributed by atoms with van der Waals surface area (Å²) in [4.78, 5) is 18.5. The van der Waals surface area contributed by atoms with E-state index >= 15 is 0 Å². The van der Waals surface area contributed by atoms with E-state index in [1.807, 2.05) is 37.3 Å². The second kappa shape index (κ2) is 6.16. The van der Waals surface area contributed by atoms with Gasteiger partial charge in [-0.05, 0) is 37.3 Å². The smallest absolute Gasteiger partial charge is 0.284 e. The zero-order chi connectivity index (χ0) is 17.2. The van der Waals surface area contributed by atoms with Crippen LogP contribution in [0.4, 0.5) is 11.4 Å². The molecule has 1 aliphatic heterocycles. The van der Waals surface area contributed by atoms with Gasteiger partial charge in [0.05, 0.1) is 17.6 Å². The predicted octanol–water partition coefficient (Wildman–Crippen LogP) is 3.48. The standard InChI is InChI=1S/C19H14N4O2/c1-13-6-7-15(25-13)12-21-22-18-16-4-2-3-5-17(16)23(19(18)24)14-8-10-20-11-9-14/h2-12H,1H3. The van der Waals surface area contributed by atoms with E-state index in [1.54, 1.807) is 35.5 Å². The van der Waals surface area contributed by atoms with Crippen LogP contribution in [-0.2, 0) is 4.79 Å². The molecule has 0 fully saturated rings. The first-order valence-corrected chi connectivity index (χ1v) is 7.75. The normalized spacial score (nSPS) is 15.3. The molecule has 0 atom stereocenters. The van der Waals surface area contributed by atoms with Crippen molar-refractivity contribution in [2.75, 3.05) is 4.90 Å². The van der Waals surface area contributed by atoms with Crippen LogP contribution < -0.4 is 4.90 Å². The van der Waals surface area contributed by atoms with Gasteiger partial charge in [-0.15, -0.1) is 5.10 Å². The Morgan fingerprint density at radius 2 is 1.88 bits per heavy atom. The fourth-order valence-corrected chi connectivity index (χ4v) is 2.71. The lowest BCUT2D eigenvalue weighted by molar-refractivity contribution is -0.111. The molecule has 0 spiro atoms. The number of nitrogens with zero attached hydrogens (tertiary/aromatic N) is 4. The topological polar surface area (TPSA) is 71.1 Å². The summed E-state index contributed by atoms with van der Waals surface area (Å²) in [5, 5.41) is 8.17. The van der Waals surface area contributed by atoms with E-state index < -0.39 is 0 Å². The Bertz CT molecular complexity index is 989. The fraction of sp³-hybridized carbons (Fsp3) is 0.0526. The zero-order valence-electron chi connectivity index (χ0n) is 13.5. The minimum absolute atomic E-state index is 0.222. The van der Waals surface area contributed by atoms with Crippen LogP contribution in [0.15, 0.2) is 75.5 Å². The van der Waals surface area contributed by atoms with Gasteiger partial charge >= 0.3 is 0 Å². The van der Waals surface area contributed by atoms with Gasteiger partial charge in [-0.3, -0.25) is 14.7 Å². The first-order chi connectivity index (χ1) is 12.2. The highest BCUT2D eigenvalue weighted by Gasteiger charge is 2.34. The molecule has 1 aliphatic rings. The molecule has 0 bridgehead atoms. The molecule has 6 heteroatoms. The summed E-state index contributed by atoms with van der Waals surface area (Å²) in [7, 11) is 0. The van der Waals surface area contributed by atoms with Gasteiger partial charge in [0.1, 0.15) is 11.5 Å². The molecule has 1 amide bonds. The number of para-hydroxylation sites is 1. The monoisotopic (exact) mass is 330 g/mol. The highest BCUT2D eigenvalue weighted by molar-refractivity contribution is 6.55. The number of carbonyl (C=O) groups excluding carboxylic acids is 1. The molecular weight excluding hydrogens is 316 g/mol. The lowest BCUT2D eigenvalue weighted by Crippen LogP contribution is -2.25. The van der Waals surface area contributed by atoms with E-state index in [-0.39, 0.29) is 5.91 Å². The molecule has 122 valence electrons. The van der Waals surface area contributed by atoms with Crippen LogP contribution >= 0.6 is 0 Å². The molecule has 0 saturated heterocycles. The number of fused-ring (bicyclic) bond motifs is 1. The maximum atomic E-state index is 12.9. The zero-order valence-corrected chi connectivity index (χ0v) is 13.5. The van der Waals surface area contributed by atoms with Crippen molar-refractivity contribution in [2.24, 2.45) is 10.2 Å². The summed E-state index contributed by atoms with van der Waals surface area (Å²) in [5.41, 5.74) is 2.56. The Labute approximate surface area is 144 Å². The van der Waals surface area contributed by atoms with E-state index in [4.69, 9.17) is 4.42 Å². The number of carbonyl (C=O) groups is 1. The third-order valence-electron chi connectivity index (χ3n) is 3.83. The lowest BCUT2D eigenvalue weighted by Gasteiger charge is -2.16. The van der Waals surface area contributed by atoms with Crippen molar-refractivity contribution in [1.29, 1.82) is 0 Å². The highest BCUT2D eigenvalue weighted by Crippen LogP contribution is 2.35. The van der Waals surface area contributed by atoms with Crippen LogP contribution in [0.3, 0.4) is 0 Å². The Balaban J connectivity index is 1.73. The van der Waals surface area contributed by atoms with Crippen LogP contribution in [0.5, 0.6) is 0 Å². The van der Waals surface area contributed by atoms with Gasteiger partial charge in [-0.1, -0.05) is 18.2 Å². The number of furan rings is 1. The van der Waals surface area contributed by atoms with Crippen molar-refractivity contribution in [3.05, 3.63) is 78.0 Å². The van der Waals surface area contributed by atoms with E-state index in [0.29, 0.717) is 11.5 Å². The molecule has 4 rings (SSSR count). The largest absolute Gasteiger partial charge is 0.460 e. The van der Waals surface area contributed by atoms with E-state index in [1.165, 1.54) is 6.21 Å². The summed E-state index contributed by atoms with van der Waals surface area (Å²) < 4.78 is 5.41. The van der Waals surface area contributed by atoms with Crippen LogP contribution in [0, 0.1) is 6.92 Å². The number of hydrogen-bond donors (Lipinski definition) is 0. The third-order valence-corrected chi connectivity index (χ3v) is 3.83. The van der Waals surface area contributed by atoms with Crippen molar-refractivity contribution in [2.45, 2.75) is 6.92 Å². The van der Waals surface area contributed by atoms with Gasteiger partial charge in [0.25, 0.3) is 5.91 Å². The molecule has 25 heavy (non-hydrogen) atoms. The lowest BCUT2D eigenvalue weighted by atomic mass is 10.1. The van der Waals surface area contributed by atoms with Gasteiger partial charge in [0, 0.05) is 18.0 Å². The van der Waals surface area contributed by atoms with Crippen molar-refractivity contribution in [3.8, 4) is 0 Å².